The quantitative estimate of drug-likeness (QED) is 0.701. The minimum Gasteiger partial charge on any atom is -0.490 e. The van der Waals surface area contributed by atoms with Gasteiger partial charge in [0.05, 0.1) is 5.75 Å². The first-order valence-corrected chi connectivity index (χ1v) is 12.1. The number of hydrogen-bond donors (Lipinski definition) is 0. The molecule has 4 rings (SSSR count). The number of pyridine rings is 1. The lowest BCUT2D eigenvalue weighted by Gasteiger charge is -2.41. The topological polar surface area (TPSA) is 62.7 Å². The van der Waals surface area contributed by atoms with E-state index >= 15 is 0 Å². The van der Waals surface area contributed by atoms with Gasteiger partial charge in [0.1, 0.15) is 17.7 Å². The smallest absolute Gasteiger partial charge is 0.218 e. The van der Waals surface area contributed by atoms with E-state index in [1.165, 1.54) is 12.1 Å². The molecule has 1 aromatic heterocycles. The first kappa shape index (κ1) is 21.2. The summed E-state index contributed by atoms with van der Waals surface area (Å²) in [5.74, 6) is 0.311. The molecule has 0 radical (unpaired) electrons. The highest BCUT2D eigenvalue weighted by Gasteiger charge is 2.32. The van der Waals surface area contributed by atoms with Crippen molar-refractivity contribution in [1.29, 1.82) is 0 Å². The molecule has 0 N–H and O–H groups in total. The van der Waals surface area contributed by atoms with Crippen molar-refractivity contribution in [2.75, 3.05) is 26.2 Å². The molecule has 2 aliphatic heterocycles. The van der Waals surface area contributed by atoms with E-state index in [4.69, 9.17) is 4.74 Å². The van der Waals surface area contributed by atoms with Gasteiger partial charge in [-0.25, -0.2) is 17.1 Å². The third kappa shape index (κ3) is 5.36. The molecule has 8 heteroatoms. The van der Waals surface area contributed by atoms with Crippen LogP contribution in [0.15, 0.2) is 48.8 Å². The lowest BCUT2D eigenvalue weighted by Crippen LogP contribution is -2.50. The number of nitrogens with zero attached hydrogens (tertiary/aromatic N) is 3. The van der Waals surface area contributed by atoms with Crippen molar-refractivity contribution in [3.8, 4) is 5.75 Å². The molecule has 3 heterocycles. The molecule has 162 valence electrons. The van der Waals surface area contributed by atoms with Crippen LogP contribution in [0.2, 0.25) is 0 Å². The van der Waals surface area contributed by atoms with Crippen LogP contribution in [0.3, 0.4) is 0 Å². The summed E-state index contributed by atoms with van der Waals surface area (Å²) in [6.07, 6.45) is 7.30. The second kappa shape index (κ2) is 9.41. The molecule has 2 saturated heterocycles. The number of benzene rings is 1. The summed E-state index contributed by atoms with van der Waals surface area (Å²) in [7, 11) is -3.43. The Labute approximate surface area is 177 Å². The van der Waals surface area contributed by atoms with Crippen molar-refractivity contribution in [3.63, 3.8) is 0 Å². The fourth-order valence-corrected chi connectivity index (χ4v) is 5.93. The van der Waals surface area contributed by atoms with Gasteiger partial charge in [-0.3, -0.25) is 4.98 Å². The maximum Gasteiger partial charge on any atom is 0.218 e. The highest BCUT2D eigenvalue weighted by atomic mass is 32.2. The van der Waals surface area contributed by atoms with E-state index in [9.17, 15) is 12.8 Å². The summed E-state index contributed by atoms with van der Waals surface area (Å²) in [4.78, 5) is 6.49. The highest BCUT2D eigenvalue weighted by Crippen LogP contribution is 2.25. The fourth-order valence-electron chi connectivity index (χ4n) is 4.38. The van der Waals surface area contributed by atoms with E-state index < -0.39 is 15.8 Å². The molecule has 0 bridgehead atoms. The Morgan fingerprint density at radius 3 is 2.37 bits per heavy atom. The van der Waals surface area contributed by atoms with Crippen LogP contribution in [0.5, 0.6) is 5.75 Å². The van der Waals surface area contributed by atoms with Crippen molar-refractivity contribution in [1.82, 2.24) is 14.2 Å². The van der Waals surface area contributed by atoms with Gasteiger partial charge >= 0.3 is 0 Å². The van der Waals surface area contributed by atoms with E-state index in [0.29, 0.717) is 24.7 Å². The standard InChI is InChI=1S/C22H28FN3O3S/c23-19-3-1-2-18(16-19)17-30(27,28)26-14-6-20(7-15-26)25-12-8-22(9-13-25)29-21-4-10-24-11-5-21/h1-5,10-11,16,20,22H,6-9,12-15,17H2. The summed E-state index contributed by atoms with van der Waals surface area (Å²) in [5, 5.41) is 0. The first-order valence-electron chi connectivity index (χ1n) is 10.5. The maximum absolute atomic E-state index is 13.4. The average Bonchev–Trinajstić information content (AvgIpc) is 2.75. The summed E-state index contributed by atoms with van der Waals surface area (Å²) < 4.78 is 46.4. The van der Waals surface area contributed by atoms with Crippen molar-refractivity contribution < 1.29 is 17.5 Å². The van der Waals surface area contributed by atoms with Crippen molar-refractivity contribution in [2.45, 2.75) is 43.6 Å². The zero-order chi connectivity index (χ0) is 21.0. The van der Waals surface area contributed by atoms with Gasteiger partial charge in [-0.15, -0.1) is 0 Å². The molecule has 30 heavy (non-hydrogen) atoms. The molecule has 0 atom stereocenters. The molecule has 2 aliphatic rings. The zero-order valence-corrected chi connectivity index (χ0v) is 17.8. The molecule has 0 amide bonds. The number of likely N-dealkylation sites (tertiary alicyclic amines) is 1. The van der Waals surface area contributed by atoms with Crippen molar-refractivity contribution in [2.24, 2.45) is 0 Å². The molecule has 0 saturated carbocycles. The second-order valence-corrected chi connectivity index (χ2v) is 10.0. The number of sulfonamides is 1. The van der Waals surface area contributed by atoms with Gasteiger partial charge in [0.2, 0.25) is 10.0 Å². The van der Waals surface area contributed by atoms with Gasteiger partial charge in [0.15, 0.2) is 0 Å². The van der Waals surface area contributed by atoms with Crippen LogP contribution in [0.25, 0.3) is 0 Å². The van der Waals surface area contributed by atoms with Crippen LogP contribution < -0.4 is 4.74 Å². The largest absolute Gasteiger partial charge is 0.490 e. The third-order valence-corrected chi connectivity index (χ3v) is 7.85. The first-order chi connectivity index (χ1) is 14.5. The van der Waals surface area contributed by atoms with E-state index in [0.717, 1.165) is 44.5 Å². The van der Waals surface area contributed by atoms with E-state index in [1.54, 1.807) is 28.8 Å². The van der Waals surface area contributed by atoms with Crippen LogP contribution in [-0.2, 0) is 15.8 Å². The van der Waals surface area contributed by atoms with E-state index in [1.807, 2.05) is 12.1 Å². The normalized spacial score (nSPS) is 20.3. The summed E-state index contributed by atoms with van der Waals surface area (Å²) in [5.41, 5.74) is 0.494. The Morgan fingerprint density at radius 1 is 1.00 bits per heavy atom. The van der Waals surface area contributed by atoms with Crippen molar-refractivity contribution in [3.05, 3.63) is 60.2 Å². The Kier molecular flexibility index (Phi) is 6.65. The Balaban J connectivity index is 1.25. The van der Waals surface area contributed by atoms with Gasteiger partial charge in [-0.1, -0.05) is 12.1 Å². The Morgan fingerprint density at radius 2 is 1.70 bits per heavy atom. The van der Waals surface area contributed by atoms with Gasteiger partial charge in [-0.2, -0.15) is 0 Å². The molecular weight excluding hydrogens is 405 g/mol. The Bertz CT molecular complexity index is 926. The van der Waals surface area contributed by atoms with Crippen LogP contribution >= 0.6 is 0 Å². The van der Waals surface area contributed by atoms with Crippen LogP contribution in [0.4, 0.5) is 4.39 Å². The minimum atomic E-state index is -3.43. The molecule has 0 spiro atoms. The SMILES string of the molecule is O=S(=O)(Cc1cccc(F)c1)N1CCC(N2CCC(Oc3ccncc3)CC2)CC1. The highest BCUT2D eigenvalue weighted by molar-refractivity contribution is 7.88. The van der Waals surface area contributed by atoms with Crippen LogP contribution in [0, 0.1) is 5.82 Å². The second-order valence-electron chi connectivity index (χ2n) is 8.05. The Hall–Kier alpha value is -2.03. The number of ether oxygens (including phenoxy) is 1. The number of hydrogen-bond acceptors (Lipinski definition) is 5. The molecule has 1 aromatic carbocycles. The predicted octanol–water partition coefficient (Wildman–Crippen LogP) is 3.06. The minimum absolute atomic E-state index is 0.146. The molecular formula is C22H28FN3O3S. The average molecular weight is 434 g/mol. The monoisotopic (exact) mass is 433 g/mol. The molecule has 0 unspecified atom stereocenters. The third-order valence-electron chi connectivity index (χ3n) is 6.00. The van der Waals surface area contributed by atoms with Gasteiger partial charge < -0.3 is 9.64 Å². The van der Waals surface area contributed by atoms with E-state index in [2.05, 4.69) is 9.88 Å². The van der Waals surface area contributed by atoms with E-state index in [-0.39, 0.29) is 11.9 Å². The molecule has 0 aliphatic carbocycles. The lowest BCUT2D eigenvalue weighted by atomic mass is 10.00. The van der Waals surface area contributed by atoms with Crippen LogP contribution in [0.1, 0.15) is 31.2 Å². The number of rotatable bonds is 6. The lowest BCUT2D eigenvalue weighted by molar-refractivity contribution is 0.0585. The summed E-state index contributed by atoms with van der Waals surface area (Å²) in [6.45, 7) is 2.98. The number of halogens is 1. The maximum atomic E-state index is 13.4. The number of aromatic nitrogens is 1. The van der Waals surface area contributed by atoms with Gasteiger partial charge in [0.25, 0.3) is 0 Å². The zero-order valence-electron chi connectivity index (χ0n) is 17.0. The number of piperidine rings is 2. The molecule has 6 nitrogen and oxygen atoms in total. The van der Waals surface area contributed by atoms with Gasteiger partial charge in [-0.05, 0) is 55.5 Å². The molecule has 2 aromatic rings. The predicted molar refractivity (Wildman–Crippen MR) is 113 cm³/mol. The fraction of sp³-hybridized carbons (Fsp3) is 0.500. The molecule has 2 fully saturated rings. The van der Waals surface area contributed by atoms with Gasteiger partial charge in [0, 0.05) is 44.6 Å². The summed E-state index contributed by atoms with van der Waals surface area (Å²) in [6, 6.07) is 10.0. The summed E-state index contributed by atoms with van der Waals surface area (Å²) >= 11 is 0. The van der Waals surface area contributed by atoms with Crippen molar-refractivity contribution >= 4 is 10.0 Å². The van der Waals surface area contributed by atoms with Crippen LogP contribution in [-0.4, -0.2) is 60.9 Å².